The lowest BCUT2D eigenvalue weighted by Gasteiger charge is -2.20. The van der Waals surface area contributed by atoms with E-state index in [0.717, 1.165) is 40.8 Å². The SMILES string of the molecule is O=C(CSc1c2c(nc3ccc(Cl)cc13)CCCC2)Nc1cccc(Cl)c1. The number of rotatable bonds is 4. The van der Waals surface area contributed by atoms with Crippen molar-refractivity contribution >= 4 is 57.5 Å². The van der Waals surface area contributed by atoms with Crippen LogP contribution in [0.2, 0.25) is 10.0 Å². The van der Waals surface area contributed by atoms with Crippen molar-refractivity contribution in [3.05, 3.63) is 63.8 Å². The zero-order valence-electron chi connectivity index (χ0n) is 14.6. The minimum Gasteiger partial charge on any atom is -0.325 e. The van der Waals surface area contributed by atoms with Crippen molar-refractivity contribution < 1.29 is 4.79 Å². The van der Waals surface area contributed by atoms with Crippen molar-refractivity contribution in [1.29, 1.82) is 0 Å². The molecular weight excluding hydrogens is 399 g/mol. The number of pyridine rings is 1. The third kappa shape index (κ3) is 4.23. The molecule has 0 fully saturated rings. The fraction of sp³-hybridized carbons (Fsp3) is 0.238. The van der Waals surface area contributed by atoms with Crippen LogP contribution in [0.3, 0.4) is 0 Å². The highest BCUT2D eigenvalue weighted by molar-refractivity contribution is 8.00. The van der Waals surface area contributed by atoms with E-state index in [9.17, 15) is 4.79 Å². The van der Waals surface area contributed by atoms with E-state index in [0.29, 0.717) is 21.5 Å². The van der Waals surface area contributed by atoms with Crippen LogP contribution in [0, 0.1) is 0 Å². The van der Waals surface area contributed by atoms with Gasteiger partial charge in [-0.3, -0.25) is 9.78 Å². The molecule has 0 saturated carbocycles. The molecule has 4 rings (SSSR count). The number of carbonyl (C=O) groups excluding carboxylic acids is 1. The van der Waals surface area contributed by atoms with Gasteiger partial charge in [0, 0.05) is 31.7 Å². The zero-order chi connectivity index (χ0) is 18.8. The predicted octanol–water partition coefficient (Wildman–Crippen LogP) is 6.15. The molecule has 1 N–H and O–H groups in total. The van der Waals surface area contributed by atoms with Crippen LogP contribution in [0.5, 0.6) is 0 Å². The second kappa shape index (κ2) is 8.09. The standard InChI is InChI=1S/C21H18Cl2N2OS/c22-13-4-3-5-15(10-13)24-20(26)12-27-21-16-6-1-2-7-18(16)25-19-9-8-14(23)11-17(19)21/h3-5,8-11H,1-2,6-7,12H2,(H,24,26). The molecule has 0 spiro atoms. The Morgan fingerprint density at radius 1 is 1.07 bits per heavy atom. The fourth-order valence-corrected chi connectivity index (χ4v) is 4.84. The Bertz CT molecular complexity index is 1020. The van der Waals surface area contributed by atoms with Gasteiger partial charge in [-0.2, -0.15) is 0 Å². The smallest absolute Gasteiger partial charge is 0.234 e. The minimum atomic E-state index is -0.0567. The summed E-state index contributed by atoms with van der Waals surface area (Å²) in [4.78, 5) is 18.4. The zero-order valence-corrected chi connectivity index (χ0v) is 16.9. The Labute approximate surface area is 172 Å². The molecule has 3 aromatic rings. The van der Waals surface area contributed by atoms with Crippen molar-refractivity contribution in [3.8, 4) is 0 Å². The van der Waals surface area contributed by atoms with Crippen molar-refractivity contribution in [3.63, 3.8) is 0 Å². The second-order valence-corrected chi connectivity index (χ2v) is 8.44. The summed E-state index contributed by atoms with van der Waals surface area (Å²) in [5.74, 6) is 0.267. The number of hydrogen-bond donors (Lipinski definition) is 1. The summed E-state index contributed by atoms with van der Waals surface area (Å²) in [7, 11) is 0. The molecule has 138 valence electrons. The number of nitrogens with zero attached hydrogens (tertiary/aromatic N) is 1. The summed E-state index contributed by atoms with van der Waals surface area (Å²) >= 11 is 13.8. The normalized spacial score (nSPS) is 13.4. The van der Waals surface area contributed by atoms with Gasteiger partial charge in [-0.05, 0) is 67.6 Å². The molecule has 0 radical (unpaired) electrons. The maximum Gasteiger partial charge on any atom is 0.234 e. The van der Waals surface area contributed by atoms with Gasteiger partial charge in [-0.1, -0.05) is 29.3 Å². The number of fused-ring (bicyclic) bond motifs is 2. The van der Waals surface area contributed by atoms with Crippen molar-refractivity contribution in [2.45, 2.75) is 30.6 Å². The maximum absolute atomic E-state index is 12.5. The second-order valence-electron chi connectivity index (χ2n) is 6.58. The third-order valence-corrected chi connectivity index (χ3v) is 6.26. The lowest BCUT2D eigenvalue weighted by Crippen LogP contribution is -2.15. The van der Waals surface area contributed by atoms with Gasteiger partial charge in [0.25, 0.3) is 0 Å². The van der Waals surface area contributed by atoms with E-state index in [4.69, 9.17) is 28.2 Å². The molecule has 0 unspecified atom stereocenters. The van der Waals surface area contributed by atoms with E-state index >= 15 is 0 Å². The van der Waals surface area contributed by atoms with E-state index in [2.05, 4.69) is 5.32 Å². The number of halogens is 2. The first-order chi connectivity index (χ1) is 13.1. The number of aryl methyl sites for hydroxylation is 1. The molecular formula is C21H18Cl2N2OS. The Kier molecular flexibility index (Phi) is 5.58. The van der Waals surface area contributed by atoms with Gasteiger partial charge in [0.15, 0.2) is 0 Å². The molecule has 1 aliphatic carbocycles. The number of hydrogen-bond acceptors (Lipinski definition) is 3. The van der Waals surface area contributed by atoms with Crippen LogP contribution in [-0.4, -0.2) is 16.6 Å². The van der Waals surface area contributed by atoms with E-state index in [1.54, 1.807) is 23.9 Å². The molecule has 1 aromatic heterocycles. The first-order valence-electron chi connectivity index (χ1n) is 8.89. The maximum atomic E-state index is 12.5. The molecule has 1 aliphatic rings. The van der Waals surface area contributed by atoms with E-state index in [-0.39, 0.29) is 5.91 Å². The monoisotopic (exact) mass is 416 g/mol. The predicted molar refractivity (Wildman–Crippen MR) is 114 cm³/mol. The fourth-order valence-electron chi connectivity index (χ4n) is 3.42. The molecule has 2 aromatic carbocycles. The molecule has 1 amide bonds. The number of anilines is 1. The highest BCUT2D eigenvalue weighted by Gasteiger charge is 2.19. The molecule has 3 nitrogen and oxygen atoms in total. The van der Waals surface area contributed by atoms with Crippen LogP contribution in [0.1, 0.15) is 24.1 Å². The number of amides is 1. The number of thioether (sulfide) groups is 1. The summed E-state index contributed by atoms with van der Waals surface area (Å²) < 4.78 is 0. The first-order valence-corrected chi connectivity index (χ1v) is 10.6. The van der Waals surface area contributed by atoms with Crippen LogP contribution in [0.4, 0.5) is 5.69 Å². The Morgan fingerprint density at radius 3 is 2.74 bits per heavy atom. The van der Waals surface area contributed by atoms with Gasteiger partial charge in [-0.15, -0.1) is 11.8 Å². The Hall–Kier alpha value is -1.75. The first kappa shape index (κ1) is 18.6. The number of benzene rings is 2. The van der Waals surface area contributed by atoms with Gasteiger partial charge in [0.2, 0.25) is 5.91 Å². The summed E-state index contributed by atoms with van der Waals surface area (Å²) in [6, 6.07) is 13.0. The Morgan fingerprint density at radius 2 is 1.89 bits per heavy atom. The number of carbonyl (C=O) groups is 1. The van der Waals surface area contributed by atoms with Gasteiger partial charge < -0.3 is 5.32 Å². The van der Waals surface area contributed by atoms with Crippen molar-refractivity contribution in [1.82, 2.24) is 4.98 Å². The molecule has 0 saturated heterocycles. The van der Waals surface area contributed by atoms with E-state index < -0.39 is 0 Å². The van der Waals surface area contributed by atoms with Gasteiger partial charge in [0.05, 0.1) is 11.3 Å². The summed E-state index contributed by atoms with van der Waals surface area (Å²) in [5, 5.41) is 5.22. The van der Waals surface area contributed by atoms with Crippen molar-refractivity contribution in [2.75, 3.05) is 11.1 Å². The summed E-state index contributed by atoms with van der Waals surface area (Å²) in [5.41, 5.74) is 4.08. The molecule has 6 heteroatoms. The van der Waals surface area contributed by atoms with Crippen LogP contribution < -0.4 is 5.32 Å². The topological polar surface area (TPSA) is 42.0 Å². The highest BCUT2D eigenvalue weighted by atomic mass is 35.5. The Balaban J connectivity index is 1.60. The molecule has 27 heavy (non-hydrogen) atoms. The van der Waals surface area contributed by atoms with E-state index in [1.807, 2.05) is 30.3 Å². The van der Waals surface area contributed by atoms with Crippen LogP contribution in [0.25, 0.3) is 10.9 Å². The molecule has 1 heterocycles. The molecule has 0 bridgehead atoms. The minimum absolute atomic E-state index is 0.0567. The number of aromatic nitrogens is 1. The lowest BCUT2D eigenvalue weighted by molar-refractivity contribution is -0.113. The molecule has 0 atom stereocenters. The van der Waals surface area contributed by atoms with Crippen LogP contribution >= 0.6 is 35.0 Å². The van der Waals surface area contributed by atoms with Crippen LogP contribution in [0.15, 0.2) is 47.4 Å². The van der Waals surface area contributed by atoms with Gasteiger partial charge in [-0.25, -0.2) is 0 Å². The van der Waals surface area contributed by atoms with E-state index in [1.165, 1.54) is 12.0 Å². The average molecular weight is 417 g/mol. The van der Waals surface area contributed by atoms with Gasteiger partial charge in [0.1, 0.15) is 0 Å². The van der Waals surface area contributed by atoms with Crippen LogP contribution in [-0.2, 0) is 17.6 Å². The summed E-state index contributed by atoms with van der Waals surface area (Å²) in [6.45, 7) is 0. The largest absolute Gasteiger partial charge is 0.325 e. The van der Waals surface area contributed by atoms with Gasteiger partial charge >= 0.3 is 0 Å². The summed E-state index contributed by atoms with van der Waals surface area (Å²) in [6.07, 6.45) is 4.32. The molecule has 0 aliphatic heterocycles. The lowest BCUT2D eigenvalue weighted by atomic mass is 9.94. The van der Waals surface area contributed by atoms with Crippen molar-refractivity contribution in [2.24, 2.45) is 0 Å². The average Bonchev–Trinajstić information content (AvgIpc) is 2.65. The number of nitrogens with one attached hydrogen (secondary N) is 1. The third-order valence-electron chi connectivity index (χ3n) is 4.63. The quantitative estimate of drug-likeness (QED) is 0.518. The highest BCUT2D eigenvalue weighted by Crippen LogP contribution is 2.37.